The van der Waals surface area contributed by atoms with Crippen molar-refractivity contribution in [3.63, 3.8) is 0 Å². The molecular formula is C25H28N2O3S. The Morgan fingerprint density at radius 3 is 2.58 bits per heavy atom. The van der Waals surface area contributed by atoms with Crippen molar-refractivity contribution >= 4 is 20.9 Å². The van der Waals surface area contributed by atoms with Gasteiger partial charge in [0.05, 0.1) is 17.0 Å². The first-order valence-corrected chi connectivity index (χ1v) is 12.4. The van der Waals surface area contributed by atoms with Crippen LogP contribution in [0.25, 0.3) is 10.9 Å². The molecule has 1 aliphatic heterocycles. The molecule has 1 aromatic heterocycles. The Labute approximate surface area is 183 Å². The van der Waals surface area contributed by atoms with Gasteiger partial charge in [-0.15, -0.1) is 0 Å². The minimum atomic E-state index is -3.73. The summed E-state index contributed by atoms with van der Waals surface area (Å²) in [4.78, 5) is 2.62. The summed E-state index contributed by atoms with van der Waals surface area (Å²) < 4.78 is 29.2. The maximum absolute atomic E-state index is 13.8. The van der Waals surface area contributed by atoms with Crippen molar-refractivity contribution in [2.45, 2.75) is 37.1 Å². The highest BCUT2D eigenvalue weighted by Crippen LogP contribution is 2.55. The summed E-state index contributed by atoms with van der Waals surface area (Å²) in [5, 5.41) is 10.7. The number of benzene rings is 2. The van der Waals surface area contributed by atoms with E-state index in [9.17, 15) is 13.5 Å². The fourth-order valence-electron chi connectivity index (χ4n) is 5.66. The molecule has 0 amide bonds. The third kappa shape index (κ3) is 3.00. The topological polar surface area (TPSA) is 62.5 Å². The lowest BCUT2D eigenvalue weighted by Crippen LogP contribution is -2.47. The van der Waals surface area contributed by atoms with Crippen molar-refractivity contribution in [3.8, 4) is 0 Å². The second-order valence-corrected chi connectivity index (χ2v) is 10.4. The predicted molar refractivity (Wildman–Crippen MR) is 123 cm³/mol. The van der Waals surface area contributed by atoms with Crippen LogP contribution in [0.1, 0.15) is 37.1 Å². The van der Waals surface area contributed by atoms with Gasteiger partial charge in [0, 0.05) is 41.2 Å². The largest absolute Gasteiger partial charge is 0.395 e. The van der Waals surface area contributed by atoms with Crippen LogP contribution in [-0.4, -0.2) is 42.1 Å². The van der Waals surface area contributed by atoms with E-state index in [1.54, 1.807) is 28.2 Å². The van der Waals surface area contributed by atoms with E-state index >= 15 is 0 Å². The number of fused-ring (bicyclic) bond motifs is 5. The lowest BCUT2D eigenvalue weighted by molar-refractivity contribution is 0.0585. The SMILES string of the molecule is CC[C@@]12C=CCN(CCO)[C@@H]1c1c(n(S(=O)(=O)c3ccccc3)c3ccccc13)CC2. The molecule has 1 aliphatic carbocycles. The Morgan fingerprint density at radius 1 is 1.10 bits per heavy atom. The third-order valence-electron chi connectivity index (χ3n) is 7.10. The monoisotopic (exact) mass is 436 g/mol. The van der Waals surface area contributed by atoms with Gasteiger partial charge in [-0.1, -0.05) is 55.5 Å². The van der Waals surface area contributed by atoms with Gasteiger partial charge in [-0.3, -0.25) is 4.90 Å². The molecule has 5 rings (SSSR count). The van der Waals surface area contributed by atoms with Crippen LogP contribution in [0.3, 0.4) is 0 Å². The molecule has 0 spiro atoms. The average Bonchev–Trinajstić information content (AvgIpc) is 3.15. The minimum absolute atomic E-state index is 0.0497. The summed E-state index contributed by atoms with van der Waals surface area (Å²) in [6, 6.07) is 16.6. The van der Waals surface area contributed by atoms with Crippen LogP contribution in [0.15, 0.2) is 71.6 Å². The highest BCUT2D eigenvalue weighted by atomic mass is 32.2. The van der Waals surface area contributed by atoms with Gasteiger partial charge in [0.1, 0.15) is 0 Å². The molecule has 5 nitrogen and oxygen atoms in total. The Kier molecular flexibility index (Phi) is 5.04. The molecule has 3 aromatic rings. The van der Waals surface area contributed by atoms with Gasteiger partial charge >= 0.3 is 0 Å². The first-order valence-electron chi connectivity index (χ1n) is 11.0. The average molecular weight is 437 g/mol. The van der Waals surface area contributed by atoms with Gasteiger partial charge in [0.15, 0.2) is 0 Å². The molecule has 6 heteroatoms. The maximum atomic E-state index is 13.8. The molecule has 0 saturated heterocycles. The van der Waals surface area contributed by atoms with Gasteiger partial charge < -0.3 is 5.11 Å². The number of aliphatic hydroxyl groups excluding tert-OH is 1. The van der Waals surface area contributed by atoms with Crippen molar-refractivity contribution in [1.82, 2.24) is 8.87 Å². The number of rotatable bonds is 5. The van der Waals surface area contributed by atoms with Crippen LogP contribution in [0, 0.1) is 5.41 Å². The molecule has 31 heavy (non-hydrogen) atoms. The van der Waals surface area contributed by atoms with E-state index < -0.39 is 10.0 Å². The highest BCUT2D eigenvalue weighted by molar-refractivity contribution is 7.90. The van der Waals surface area contributed by atoms with E-state index in [2.05, 4.69) is 24.0 Å². The summed E-state index contributed by atoms with van der Waals surface area (Å²) in [5.74, 6) is 0. The Morgan fingerprint density at radius 2 is 1.84 bits per heavy atom. The number of nitrogens with zero attached hydrogens (tertiary/aromatic N) is 2. The predicted octanol–water partition coefficient (Wildman–Crippen LogP) is 4.13. The van der Waals surface area contributed by atoms with Crippen molar-refractivity contribution in [2.24, 2.45) is 5.41 Å². The minimum Gasteiger partial charge on any atom is -0.395 e. The second kappa shape index (κ2) is 7.62. The highest BCUT2D eigenvalue weighted by Gasteiger charge is 2.47. The lowest BCUT2D eigenvalue weighted by Gasteiger charge is -2.50. The molecule has 0 saturated carbocycles. The first kappa shape index (κ1) is 20.5. The van der Waals surface area contributed by atoms with E-state index in [0.29, 0.717) is 17.9 Å². The fraction of sp³-hybridized carbons (Fsp3) is 0.360. The molecule has 162 valence electrons. The van der Waals surface area contributed by atoms with Crippen molar-refractivity contribution in [3.05, 3.63) is 78.0 Å². The Balaban J connectivity index is 1.82. The quantitative estimate of drug-likeness (QED) is 0.611. The number of hydrogen-bond acceptors (Lipinski definition) is 4. The summed E-state index contributed by atoms with van der Waals surface area (Å²) in [7, 11) is -3.73. The summed E-state index contributed by atoms with van der Waals surface area (Å²) in [6.07, 6.45) is 7.12. The summed E-state index contributed by atoms with van der Waals surface area (Å²) in [5.41, 5.74) is 2.69. The van der Waals surface area contributed by atoms with Gasteiger partial charge in [-0.05, 0) is 37.5 Å². The summed E-state index contributed by atoms with van der Waals surface area (Å²) >= 11 is 0. The van der Waals surface area contributed by atoms with Gasteiger partial charge in [-0.25, -0.2) is 12.4 Å². The molecule has 0 fully saturated rings. The molecule has 2 atom stereocenters. The number of hydrogen-bond donors (Lipinski definition) is 1. The van der Waals surface area contributed by atoms with Crippen LogP contribution in [-0.2, 0) is 16.4 Å². The molecule has 2 aromatic carbocycles. The standard InChI is InChI=1S/C25H28N2O3S/c1-2-25-14-8-16-26(17-18-28)24(25)23-20-11-6-7-12-21(20)27(22(23)13-15-25)31(29,30)19-9-4-3-5-10-19/h3-12,14,24,28H,2,13,15-18H2,1H3/t24-,25+/m1/s1. The van der Waals surface area contributed by atoms with Crippen molar-refractivity contribution in [2.75, 3.05) is 19.7 Å². The van der Waals surface area contributed by atoms with Crippen molar-refractivity contribution in [1.29, 1.82) is 0 Å². The second-order valence-electron chi connectivity index (χ2n) is 8.57. The zero-order chi connectivity index (χ0) is 21.6. The molecule has 0 radical (unpaired) electrons. The van der Waals surface area contributed by atoms with Gasteiger partial charge in [0.25, 0.3) is 10.0 Å². The zero-order valence-corrected chi connectivity index (χ0v) is 18.6. The normalized spacial score (nSPS) is 23.6. The Bertz CT molecular complexity index is 1250. The lowest BCUT2D eigenvalue weighted by atomic mass is 9.65. The van der Waals surface area contributed by atoms with E-state index in [4.69, 9.17) is 0 Å². The smallest absolute Gasteiger partial charge is 0.268 e. The molecule has 2 aliphatic rings. The molecule has 2 heterocycles. The van der Waals surface area contributed by atoms with Gasteiger partial charge in [0.2, 0.25) is 0 Å². The third-order valence-corrected chi connectivity index (χ3v) is 8.86. The Hall–Kier alpha value is -2.41. The maximum Gasteiger partial charge on any atom is 0.268 e. The number of aliphatic hydroxyl groups is 1. The van der Waals surface area contributed by atoms with Crippen LogP contribution < -0.4 is 0 Å². The number of para-hydroxylation sites is 1. The zero-order valence-electron chi connectivity index (χ0n) is 17.7. The molecular weight excluding hydrogens is 408 g/mol. The van der Waals surface area contributed by atoms with E-state index in [1.165, 1.54) is 0 Å². The van der Waals surface area contributed by atoms with Crippen LogP contribution in [0.5, 0.6) is 0 Å². The van der Waals surface area contributed by atoms with Gasteiger partial charge in [-0.2, -0.15) is 0 Å². The fourth-order valence-corrected chi connectivity index (χ4v) is 7.27. The van der Waals surface area contributed by atoms with E-state index in [0.717, 1.165) is 41.5 Å². The number of aromatic nitrogens is 1. The molecule has 0 unspecified atom stereocenters. The molecule has 0 bridgehead atoms. The first-order chi connectivity index (χ1) is 15.0. The van der Waals surface area contributed by atoms with Crippen LogP contribution in [0.4, 0.5) is 0 Å². The summed E-state index contributed by atoms with van der Waals surface area (Å²) in [6.45, 7) is 3.63. The van der Waals surface area contributed by atoms with E-state index in [1.807, 2.05) is 30.3 Å². The molecule has 1 N–H and O–H groups in total. The van der Waals surface area contributed by atoms with Crippen LogP contribution in [0.2, 0.25) is 0 Å². The van der Waals surface area contributed by atoms with Crippen LogP contribution >= 0.6 is 0 Å². The van der Waals surface area contributed by atoms with E-state index in [-0.39, 0.29) is 18.1 Å². The number of β-amino-alcohol motifs (C(OH)–C–C–N with tert-alkyl or cyclic N) is 1. The van der Waals surface area contributed by atoms with Crippen molar-refractivity contribution < 1.29 is 13.5 Å².